The molecule has 1 aromatic rings. The predicted octanol–water partition coefficient (Wildman–Crippen LogP) is 3.22. The standard InChI is InChI=1S/C18H28N2O3S2/c1-5-6-16-20-12(2)14(24-16)10-19-25(22,23)11-18-8-7-13(9-15(18)21)17(18,3)4/h13,19H,5-11H2,1-4H3/t13-,18-/m1/s1. The first kappa shape index (κ1) is 19.0. The second kappa shape index (κ2) is 6.43. The Kier molecular flexibility index (Phi) is 4.88. The summed E-state index contributed by atoms with van der Waals surface area (Å²) in [6.07, 6.45) is 4.15. The molecule has 0 aromatic carbocycles. The first-order valence-electron chi connectivity index (χ1n) is 9.07. The Bertz CT molecular complexity index is 782. The highest BCUT2D eigenvalue weighted by Crippen LogP contribution is 2.64. The quantitative estimate of drug-likeness (QED) is 0.783. The first-order valence-corrected chi connectivity index (χ1v) is 11.5. The van der Waals surface area contributed by atoms with Crippen LogP contribution in [0.1, 0.15) is 62.0 Å². The van der Waals surface area contributed by atoms with E-state index in [0.29, 0.717) is 18.8 Å². The van der Waals surface area contributed by atoms with Crippen LogP contribution in [0.15, 0.2) is 0 Å². The van der Waals surface area contributed by atoms with Crippen LogP contribution < -0.4 is 4.72 Å². The third kappa shape index (κ3) is 3.19. The first-order chi connectivity index (χ1) is 11.6. The summed E-state index contributed by atoms with van der Waals surface area (Å²) in [5.74, 6) is 0.385. The van der Waals surface area contributed by atoms with Crippen LogP contribution in [0.2, 0.25) is 0 Å². The molecule has 140 valence electrons. The molecule has 1 heterocycles. The minimum atomic E-state index is -3.52. The van der Waals surface area contributed by atoms with Gasteiger partial charge in [0, 0.05) is 23.3 Å². The van der Waals surface area contributed by atoms with Gasteiger partial charge in [0.1, 0.15) is 5.78 Å². The van der Waals surface area contributed by atoms with E-state index in [-0.39, 0.29) is 23.5 Å². The van der Waals surface area contributed by atoms with E-state index in [4.69, 9.17) is 0 Å². The van der Waals surface area contributed by atoms with Gasteiger partial charge < -0.3 is 0 Å². The third-order valence-electron chi connectivity index (χ3n) is 6.43. The molecule has 3 rings (SSSR count). The number of nitrogens with zero attached hydrogens (tertiary/aromatic N) is 1. The van der Waals surface area contributed by atoms with Crippen molar-refractivity contribution in [1.82, 2.24) is 9.71 Å². The average Bonchev–Trinajstić information content (AvgIpc) is 3.03. The molecule has 0 aliphatic heterocycles. The van der Waals surface area contributed by atoms with Crippen LogP contribution in [0.3, 0.4) is 0 Å². The Hall–Kier alpha value is -0.790. The van der Waals surface area contributed by atoms with Gasteiger partial charge >= 0.3 is 0 Å². The number of carbonyl (C=O) groups is 1. The Morgan fingerprint density at radius 2 is 2.08 bits per heavy atom. The van der Waals surface area contributed by atoms with E-state index in [1.807, 2.05) is 6.92 Å². The van der Waals surface area contributed by atoms with E-state index in [2.05, 4.69) is 30.5 Å². The monoisotopic (exact) mass is 384 g/mol. The highest BCUT2D eigenvalue weighted by Gasteiger charge is 2.65. The Balaban J connectivity index is 1.72. The highest BCUT2D eigenvalue weighted by molar-refractivity contribution is 7.89. The number of aromatic nitrogens is 1. The molecule has 0 spiro atoms. The molecule has 2 fully saturated rings. The van der Waals surface area contributed by atoms with Crippen molar-refractivity contribution in [2.45, 2.75) is 66.3 Å². The molecule has 0 radical (unpaired) electrons. The van der Waals surface area contributed by atoms with E-state index in [1.165, 1.54) is 0 Å². The largest absolute Gasteiger partial charge is 0.299 e. The van der Waals surface area contributed by atoms with Crippen molar-refractivity contribution in [1.29, 1.82) is 0 Å². The summed E-state index contributed by atoms with van der Waals surface area (Å²) in [5.41, 5.74) is -0.0415. The zero-order chi connectivity index (χ0) is 18.5. The Morgan fingerprint density at radius 3 is 2.64 bits per heavy atom. The van der Waals surface area contributed by atoms with Gasteiger partial charge in [-0.1, -0.05) is 20.8 Å². The molecule has 1 aromatic heterocycles. The average molecular weight is 385 g/mol. The maximum atomic E-state index is 12.7. The second-order valence-electron chi connectivity index (χ2n) is 8.11. The van der Waals surface area contributed by atoms with E-state index in [9.17, 15) is 13.2 Å². The maximum absolute atomic E-state index is 12.7. The van der Waals surface area contributed by atoms with Crippen molar-refractivity contribution >= 4 is 27.1 Å². The molecule has 2 atom stereocenters. The number of ketones is 1. The molecule has 2 aliphatic carbocycles. The fourth-order valence-corrected chi connectivity index (χ4v) is 7.63. The molecule has 2 saturated carbocycles. The molecular weight excluding hydrogens is 356 g/mol. The highest BCUT2D eigenvalue weighted by atomic mass is 32.2. The summed E-state index contributed by atoms with van der Waals surface area (Å²) < 4.78 is 28.2. The van der Waals surface area contributed by atoms with Crippen LogP contribution in [0, 0.1) is 23.7 Å². The van der Waals surface area contributed by atoms with Gasteiger partial charge in [-0.15, -0.1) is 11.3 Å². The Labute approximate surface area is 154 Å². The number of fused-ring (bicyclic) bond motifs is 2. The van der Waals surface area contributed by atoms with Gasteiger partial charge in [0.2, 0.25) is 10.0 Å². The van der Waals surface area contributed by atoms with E-state index >= 15 is 0 Å². The smallest absolute Gasteiger partial charge is 0.212 e. The summed E-state index contributed by atoms with van der Waals surface area (Å²) >= 11 is 1.58. The van der Waals surface area contributed by atoms with Gasteiger partial charge in [-0.05, 0) is 43.9 Å². The lowest BCUT2D eigenvalue weighted by Gasteiger charge is -2.36. The molecule has 0 saturated heterocycles. The normalized spacial score (nSPS) is 28.0. The summed E-state index contributed by atoms with van der Waals surface area (Å²) in [6, 6.07) is 0. The number of hydrogen-bond donors (Lipinski definition) is 1. The number of carbonyl (C=O) groups excluding carboxylic acids is 1. The zero-order valence-electron chi connectivity index (χ0n) is 15.5. The summed E-state index contributed by atoms with van der Waals surface area (Å²) in [6.45, 7) is 8.42. The van der Waals surface area contributed by atoms with Crippen molar-refractivity contribution in [2.24, 2.45) is 16.7 Å². The van der Waals surface area contributed by atoms with Crippen molar-refractivity contribution in [2.75, 3.05) is 5.75 Å². The van der Waals surface area contributed by atoms with Crippen molar-refractivity contribution in [3.63, 3.8) is 0 Å². The number of hydrogen-bond acceptors (Lipinski definition) is 5. The minimum absolute atomic E-state index is 0.0813. The molecule has 25 heavy (non-hydrogen) atoms. The minimum Gasteiger partial charge on any atom is -0.299 e. The molecule has 7 heteroatoms. The fraction of sp³-hybridized carbons (Fsp3) is 0.778. The Morgan fingerprint density at radius 1 is 1.36 bits per heavy atom. The van der Waals surface area contributed by atoms with Crippen molar-refractivity contribution < 1.29 is 13.2 Å². The molecule has 5 nitrogen and oxygen atoms in total. The van der Waals surface area contributed by atoms with Crippen LogP contribution >= 0.6 is 11.3 Å². The molecule has 1 N–H and O–H groups in total. The molecule has 0 unspecified atom stereocenters. The number of thiazole rings is 1. The number of Topliss-reactive ketones (excluding diaryl/α,β-unsaturated/α-hetero) is 1. The number of aryl methyl sites for hydroxylation is 2. The zero-order valence-corrected chi connectivity index (χ0v) is 17.1. The maximum Gasteiger partial charge on any atom is 0.212 e. The fourth-order valence-electron chi connectivity index (χ4n) is 4.63. The van der Waals surface area contributed by atoms with Crippen molar-refractivity contribution in [3.05, 3.63) is 15.6 Å². The van der Waals surface area contributed by atoms with Gasteiger partial charge in [0.25, 0.3) is 0 Å². The second-order valence-corrected chi connectivity index (χ2v) is 11.1. The topological polar surface area (TPSA) is 76.1 Å². The predicted molar refractivity (Wildman–Crippen MR) is 100 cm³/mol. The number of sulfonamides is 1. The van der Waals surface area contributed by atoms with Crippen LogP contribution in [-0.4, -0.2) is 24.9 Å². The van der Waals surface area contributed by atoms with Gasteiger partial charge in [0.05, 0.1) is 16.5 Å². The molecule has 2 aliphatic rings. The van der Waals surface area contributed by atoms with Crippen LogP contribution in [0.25, 0.3) is 0 Å². The van der Waals surface area contributed by atoms with Crippen LogP contribution in [0.5, 0.6) is 0 Å². The van der Waals surface area contributed by atoms with Gasteiger partial charge in [0.15, 0.2) is 0 Å². The number of rotatable bonds is 7. The van der Waals surface area contributed by atoms with Crippen molar-refractivity contribution in [3.8, 4) is 0 Å². The number of nitrogens with one attached hydrogen (secondary N) is 1. The summed E-state index contributed by atoms with van der Waals surface area (Å²) in [7, 11) is -3.52. The van der Waals surface area contributed by atoms with Gasteiger partial charge in [-0.3, -0.25) is 4.79 Å². The lowest BCUT2D eigenvalue weighted by atomic mass is 9.70. The van der Waals surface area contributed by atoms with Crippen LogP contribution in [-0.2, 0) is 27.8 Å². The lowest BCUT2D eigenvalue weighted by molar-refractivity contribution is -0.128. The van der Waals surface area contributed by atoms with Crippen LogP contribution in [0.4, 0.5) is 0 Å². The van der Waals surface area contributed by atoms with E-state index < -0.39 is 15.4 Å². The molecular formula is C18H28N2O3S2. The van der Waals surface area contributed by atoms with E-state index in [1.54, 1.807) is 11.3 Å². The SMILES string of the molecule is CCCc1nc(C)c(CNS(=O)(=O)C[C@]23CC[C@H](CC2=O)C3(C)C)s1. The summed E-state index contributed by atoms with van der Waals surface area (Å²) in [5, 5.41) is 1.05. The molecule has 2 bridgehead atoms. The van der Waals surface area contributed by atoms with Gasteiger partial charge in [-0.2, -0.15) is 0 Å². The molecule has 0 amide bonds. The van der Waals surface area contributed by atoms with Gasteiger partial charge in [-0.25, -0.2) is 18.1 Å². The third-order valence-corrected chi connectivity index (χ3v) is 9.10. The summed E-state index contributed by atoms with van der Waals surface area (Å²) in [4.78, 5) is 18.0. The van der Waals surface area contributed by atoms with E-state index in [0.717, 1.165) is 34.8 Å². The lowest BCUT2D eigenvalue weighted by Crippen LogP contribution is -2.45.